The fraction of sp³-hybridized carbons (Fsp3) is 0.500. The van der Waals surface area contributed by atoms with Crippen molar-refractivity contribution in [1.82, 2.24) is 14.4 Å². The Morgan fingerprint density at radius 1 is 1.13 bits per heavy atom. The summed E-state index contributed by atoms with van der Waals surface area (Å²) in [5.41, 5.74) is 1.64. The van der Waals surface area contributed by atoms with Crippen LogP contribution >= 0.6 is 0 Å². The molecular formula is C24H36N4O3. The summed E-state index contributed by atoms with van der Waals surface area (Å²) in [6.45, 7) is 9.31. The van der Waals surface area contributed by atoms with Gasteiger partial charge in [0.25, 0.3) is 0 Å². The van der Waals surface area contributed by atoms with Gasteiger partial charge in [0.1, 0.15) is 12.3 Å². The van der Waals surface area contributed by atoms with Gasteiger partial charge in [-0.1, -0.05) is 32.9 Å². The van der Waals surface area contributed by atoms with Crippen LogP contribution in [0.1, 0.15) is 39.8 Å². The van der Waals surface area contributed by atoms with Gasteiger partial charge in [-0.15, -0.1) is 0 Å². The Balaban J connectivity index is 2.19. The van der Waals surface area contributed by atoms with Gasteiger partial charge in [-0.25, -0.2) is 4.79 Å². The number of ether oxygens (including phenoxy) is 1. The number of para-hydroxylation sites is 2. The average Bonchev–Trinajstić information content (AvgIpc) is 3.15. The summed E-state index contributed by atoms with van der Waals surface area (Å²) < 4.78 is 7.35. The quantitative estimate of drug-likeness (QED) is 0.612. The summed E-state index contributed by atoms with van der Waals surface area (Å²) in [4.78, 5) is 29.9. The number of aromatic nitrogens is 1. The van der Waals surface area contributed by atoms with Crippen LogP contribution in [0.15, 0.2) is 42.6 Å². The second-order valence-corrected chi connectivity index (χ2v) is 8.29. The molecule has 7 heteroatoms. The minimum absolute atomic E-state index is 0.0210. The van der Waals surface area contributed by atoms with Crippen LogP contribution in [0.25, 0.3) is 0 Å². The van der Waals surface area contributed by atoms with Gasteiger partial charge < -0.3 is 24.4 Å². The second-order valence-electron chi connectivity index (χ2n) is 8.29. The first-order valence-electron chi connectivity index (χ1n) is 10.8. The number of hydrogen-bond donors (Lipinski definition) is 1. The largest absolute Gasteiger partial charge is 0.495 e. The minimum atomic E-state index is -0.310. The molecule has 0 fully saturated rings. The van der Waals surface area contributed by atoms with Gasteiger partial charge in [-0.05, 0) is 43.5 Å². The van der Waals surface area contributed by atoms with Crippen LogP contribution in [0.5, 0.6) is 5.75 Å². The highest BCUT2D eigenvalue weighted by Gasteiger charge is 2.26. The Kier molecular flexibility index (Phi) is 8.97. The molecule has 0 aliphatic carbocycles. The molecule has 0 aliphatic rings. The SMILES string of the molecule is CC[C@H](C)N(CC(=O)N(Cc1cccn1C)CC(C)C)C(=O)Nc1ccccc1OC. The average molecular weight is 429 g/mol. The van der Waals surface area contributed by atoms with Crippen LogP contribution in [0.4, 0.5) is 10.5 Å². The molecule has 3 amide bonds. The summed E-state index contributed by atoms with van der Waals surface area (Å²) in [5, 5.41) is 2.90. The van der Waals surface area contributed by atoms with Crippen LogP contribution < -0.4 is 10.1 Å². The van der Waals surface area contributed by atoms with E-state index in [1.807, 2.05) is 60.8 Å². The van der Waals surface area contributed by atoms with E-state index in [1.54, 1.807) is 24.1 Å². The van der Waals surface area contributed by atoms with Crippen LogP contribution in [-0.2, 0) is 18.4 Å². The van der Waals surface area contributed by atoms with Gasteiger partial charge in [0.15, 0.2) is 0 Å². The Hall–Kier alpha value is -2.96. The number of nitrogens with zero attached hydrogens (tertiary/aromatic N) is 3. The molecule has 1 aromatic heterocycles. The number of carbonyl (C=O) groups excluding carboxylic acids is 2. The van der Waals surface area contributed by atoms with E-state index in [4.69, 9.17) is 4.74 Å². The predicted molar refractivity (Wildman–Crippen MR) is 124 cm³/mol. The molecule has 2 rings (SSSR count). The van der Waals surface area contributed by atoms with Crippen molar-refractivity contribution in [2.24, 2.45) is 13.0 Å². The van der Waals surface area contributed by atoms with Crippen molar-refractivity contribution in [2.75, 3.05) is 25.5 Å². The maximum absolute atomic E-state index is 13.3. The minimum Gasteiger partial charge on any atom is -0.495 e. The molecule has 0 aliphatic heterocycles. The molecule has 0 bridgehead atoms. The molecule has 2 aromatic rings. The molecule has 1 N–H and O–H groups in total. The van der Waals surface area contributed by atoms with E-state index in [-0.39, 0.29) is 24.5 Å². The fourth-order valence-corrected chi connectivity index (χ4v) is 3.38. The highest BCUT2D eigenvalue weighted by Crippen LogP contribution is 2.24. The van der Waals surface area contributed by atoms with E-state index in [0.717, 1.165) is 12.1 Å². The van der Waals surface area contributed by atoms with Crippen molar-refractivity contribution in [3.63, 3.8) is 0 Å². The third-order valence-electron chi connectivity index (χ3n) is 5.38. The van der Waals surface area contributed by atoms with E-state index < -0.39 is 0 Å². The Morgan fingerprint density at radius 3 is 2.42 bits per heavy atom. The monoisotopic (exact) mass is 428 g/mol. The van der Waals surface area contributed by atoms with Crippen molar-refractivity contribution in [1.29, 1.82) is 0 Å². The third kappa shape index (κ3) is 6.77. The number of nitrogens with one attached hydrogen (secondary N) is 1. The van der Waals surface area contributed by atoms with E-state index >= 15 is 0 Å². The van der Waals surface area contributed by atoms with E-state index in [2.05, 4.69) is 19.2 Å². The molecule has 31 heavy (non-hydrogen) atoms. The normalized spacial score (nSPS) is 11.8. The predicted octanol–water partition coefficient (Wildman–Crippen LogP) is 4.35. The van der Waals surface area contributed by atoms with Crippen LogP contribution in [0.3, 0.4) is 0 Å². The van der Waals surface area contributed by atoms with Crippen LogP contribution in [0.2, 0.25) is 0 Å². The summed E-state index contributed by atoms with van der Waals surface area (Å²) >= 11 is 0. The fourth-order valence-electron chi connectivity index (χ4n) is 3.38. The zero-order valence-corrected chi connectivity index (χ0v) is 19.6. The van der Waals surface area contributed by atoms with Crippen LogP contribution in [0, 0.1) is 5.92 Å². The molecule has 0 saturated heterocycles. The Labute approximate surface area is 186 Å². The molecule has 1 atom stereocenters. The summed E-state index contributed by atoms with van der Waals surface area (Å²) in [7, 11) is 3.54. The number of hydrogen-bond acceptors (Lipinski definition) is 3. The number of rotatable bonds is 10. The molecule has 0 spiro atoms. The molecule has 0 saturated carbocycles. The highest BCUT2D eigenvalue weighted by molar-refractivity contribution is 5.93. The van der Waals surface area contributed by atoms with Gasteiger partial charge in [0, 0.05) is 31.5 Å². The highest BCUT2D eigenvalue weighted by atomic mass is 16.5. The van der Waals surface area contributed by atoms with Gasteiger partial charge in [-0.2, -0.15) is 0 Å². The zero-order valence-electron chi connectivity index (χ0n) is 19.6. The smallest absolute Gasteiger partial charge is 0.322 e. The zero-order chi connectivity index (χ0) is 23.0. The molecule has 0 unspecified atom stereocenters. The standard InChI is InChI=1S/C24H36N4O3/c1-7-19(4)28(24(30)25-21-12-8-9-13-22(21)31-6)17-23(29)27(15-18(2)3)16-20-11-10-14-26(20)5/h8-14,18-19H,7,15-17H2,1-6H3,(H,25,30)/t19-/m0/s1. The summed E-state index contributed by atoms with van der Waals surface area (Å²) in [6.07, 6.45) is 2.72. The van der Waals surface area contributed by atoms with Gasteiger partial charge >= 0.3 is 6.03 Å². The number of aryl methyl sites for hydroxylation is 1. The maximum atomic E-state index is 13.3. The molecule has 1 aromatic carbocycles. The van der Waals surface area contributed by atoms with E-state index in [0.29, 0.717) is 30.4 Å². The van der Waals surface area contributed by atoms with Crippen molar-refractivity contribution < 1.29 is 14.3 Å². The lowest BCUT2D eigenvalue weighted by atomic mass is 10.2. The number of methoxy groups -OCH3 is 1. The van der Waals surface area contributed by atoms with Crippen molar-refractivity contribution in [3.8, 4) is 5.75 Å². The Morgan fingerprint density at radius 2 is 1.84 bits per heavy atom. The van der Waals surface area contributed by atoms with Crippen LogP contribution in [-0.4, -0.2) is 52.5 Å². The number of urea groups is 1. The molecule has 0 radical (unpaired) electrons. The summed E-state index contributed by atoms with van der Waals surface area (Å²) in [5.74, 6) is 0.838. The van der Waals surface area contributed by atoms with E-state index in [1.165, 1.54) is 0 Å². The van der Waals surface area contributed by atoms with Crippen molar-refractivity contribution >= 4 is 17.6 Å². The number of carbonyl (C=O) groups is 2. The first-order chi connectivity index (χ1) is 14.8. The van der Waals surface area contributed by atoms with Gasteiger partial charge in [0.2, 0.25) is 5.91 Å². The molecule has 1 heterocycles. The van der Waals surface area contributed by atoms with E-state index in [9.17, 15) is 9.59 Å². The van der Waals surface area contributed by atoms with Crippen molar-refractivity contribution in [2.45, 2.75) is 46.7 Å². The second kappa shape index (κ2) is 11.4. The maximum Gasteiger partial charge on any atom is 0.322 e. The number of amides is 3. The third-order valence-corrected chi connectivity index (χ3v) is 5.38. The molecule has 7 nitrogen and oxygen atoms in total. The topological polar surface area (TPSA) is 66.8 Å². The van der Waals surface area contributed by atoms with Gasteiger partial charge in [0.05, 0.1) is 19.3 Å². The van der Waals surface area contributed by atoms with Gasteiger partial charge in [-0.3, -0.25) is 4.79 Å². The lowest BCUT2D eigenvalue weighted by Gasteiger charge is -2.32. The lowest BCUT2D eigenvalue weighted by molar-refractivity contribution is -0.133. The number of benzene rings is 1. The molecule has 170 valence electrons. The first-order valence-corrected chi connectivity index (χ1v) is 10.8. The van der Waals surface area contributed by atoms with Crippen molar-refractivity contribution in [3.05, 3.63) is 48.3 Å². The number of anilines is 1. The summed E-state index contributed by atoms with van der Waals surface area (Å²) in [6, 6.07) is 10.8. The Bertz CT molecular complexity index is 862. The molecular weight excluding hydrogens is 392 g/mol. The first kappa shape index (κ1) is 24.3. The lowest BCUT2D eigenvalue weighted by Crippen LogP contribution is -2.48.